The van der Waals surface area contributed by atoms with E-state index >= 15 is 0 Å². The van der Waals surface area contributed by atoms with Crippen LogP contribution >= 0.6 is 23.1 Å². The molecule has 0 aliphatic rings. The van der Waals surface area contributed by atoms with E-state index in [4.69, 9.17) is 0 Å². The number of anilines is 2. The fourth-order valence-corrected chi connectivity index (χ4v) is 3.05. The first-order chi connectivity index (χ1) is 8.19. The van der Waals surface area contributed by atoms with Crippen molar-refractivity contribution in [1.82, 2.24) is 10.2 Å². The molecule has 0 bridgehead atoms. The van der Waals surface area contributed by atoms with Crippen LogP contribution in [0.1, 0.15) is 18.1 Å². The maximum absolute atomic E-state index is 4.12. The van der Waals surface area contributed by atoms with Gasteiger partial charge in [-0.25, -0.2) is 0 Å². The minimum absolute atomic E-state index is 0.851. The molecule has 0 atom stereocenters. The number of thioether (sulfide) groups is 1. The van der Waals surface area contributed by atoms with Gasteiger partial charge in [0.05, 0.1) is 0 Å². The fourth-order valence-electron chi connectivity index (χ4n) is 1.38. The highest BCUT2D eigenvalue weighted by molar-refractivity contribution is 8.01. The van der Waals surface area contributed by atoms with Gasteiger partial charge < -0.3 is 5.32 Å². The minimum Gasteiger partial charge on any atom is -0.330 e. The molecule has 17 heavy (non-hydrogen) atoms. The Bertz CT molecular complexity index is 508. The first-order valence-corrected chi connectivity index (χ1v) is 7.30. The van der Waals surface area contributed by atoms with Crippen molar-refractivity contribution in [3.05, 3.63) is 29.3 Å². The van der Waals surface area contributed by atoms with Gasteiger partial charge >= 0.3 is 0 Å². The molecule has 1 aromatic heterocycles. The zero-order valence-corrected chi connectivity index (χ0v) is 11.8. The summed E-state index contributed by atoms with van der Waals surface area (Å²) < 4.78 is 1.01. The van der Waals surface area contributed by atoms with E-state index < -0.39 is 0 Å². The van der Waals surface area contributed by atoms with Crippen molar-refractivity contribution in [2.75, 3.05) is 11.1 Å². The third-order valence-electron chi connectivity index (χ3n) is 2.43. The Morgan fingerprint density at radius 2 is 2.06 bits per heavy atom. The Morgan fingerprint density at radius 1 is 1.24 bits per heavy atom. The lowest BCUT2D eigenvalue weighted by atomic mass is 10.1. The molecular formula is C12H15N3S2. The van der Waals surface area contributed by atoms with Gasteiger partial charge in [0, 0.05) is 5.69 Å². The second-order valence-electron chi connectivity index (χ2n) is 3.73. The van der Waals surface area contributed by atoms with E-state index in [1.165, 1.54) is 11.1 Å². The number of hydrogen-bond acceptors (Lipinski definition) is 5. The smallest absolute Gasteiger partial charge is 0.210 e. The predicted molar refractivity (Wildman–Crippen MR) is 75.5 cm³/mol. The number of rotatable bonds is 4. The van der Waals surface area contributed by atoms with Crippen molar-refractivity contribution < 1.29 is 0 Å². The number of hydrogen-bond donors (Lipinski definition) is 1. The van der Waals surface area contributed by atoms with Crippen LogP contribution in [0, 0.1) is 13.8 Å². The molecule has 1 N–H and O–H groups in total. The quantitative estimate of drug-likeness (QED) is 0.848. The van der Waals surface area contributed by atoms with Crippen molar-refractivity contribution in [3.63, 3.8) is 0 Å². The average molecular weight is 265 g/mol. The summed E-state index contributed by atoms with van der Waals surface area (Å²) in [7, 11) is 0. The summed E-state index contributed by atoms with van der Waals surface area (Å²) >= 11 is 3.31. The topological polar surface area (TPSA) is 37.8 Å². The van der Waals surface area contributed by atoms with E-state index in [0.717, 1.165) is 20.9 Å². The predicted octanol–water partition coefficient (Wildman–Crippen LogP) is 4.01. The normalized spacial score (nSPS) is 10.5. The van der Waals surface area contributed by atoms with Crippen molar-refractivity contribution >= 4 is 33.9 Å². The third kappa shape index (κ3) is 3.20. The molecule has 0 saturated carbocycles. The van der Waals surface area contributed by atoms with Gasteiger partial charge in [-0.05, 0) is 42.9 Å². The molecular weight excluding hydrogens is 250 g/mol. The molecule has 1 heterocycles. The zero-order valence-electron chi connectivity index (χ0n) is 10.2. The molecule has 3 nitrogen and oxygen atoms in total. The molecule has 0 aliphatic carbocycles. The first kappa shape index (κ1) is 12.4. The van der Waals surface area contributed by atoms with E-state index in [2.05, 4.69) is 54.5 Å². The van der Waals surface area contributed by atoms with Gasteiger partial charge in [0.2, 0.25) is 5.13 Å². The van der Waals surface area contributed by atoms with E-state index in [1.807, 2.05) is 0 Å². The van der Waals surface area contributed by atoms with Crippen molar-refractivity contribution in [2.24, 2.45) is 0 Å². The van der Waals surface area contributed by atoms with Gasteiger partial charge in [-0.1, -0.05) is 36.1 Å². The van der Waals surface area contributed by atoms with E-state index in [-0.39, 0.29) is 0 Å². The minimum atomic E-state index is 0.851. The van der Waals surface area contributed by atoms with E-state index in [9.17, 15) is 0 Å². The van der Waals surface area contributed by atoms with Crippen molar-refractivity contribution in [2.45, 2.75) is 25.1 Å². The Kier molecular flexibility index (Phi) is 4.02. The van der Waals surface area contributed by atoms with Crippen LogP contribution in [0.5, 0.6) is 0 Å². The molecule has 0 unspecified atom stereocenters. The average Bonchev–Trinajstić information content (AvgIpc) is 2.72. The second-order valence-corrected chi connectivity index (χ2v) is 6.22. The third-order valence-corrected chi connectivity index (χ3v) is 4.29. The molecule has 0 amide bonds. The standard InChI is InChI=1S/C12H15N3S2/c1-4-16-12-15-14-11(17-12)13-10-6-5-8(2)9(3)7-10/h5-7H,4H2,1-3H3,(H,13,14). The summed E-state index contributed by atoms with van der Waals surface area (Å²) in [6.07, 6.45) is 0. The van der Waals surface area contributed by atoms with Gasteiger partial charge in [0.25, 0.3) is 0 Å². The summed E-state index contributed by atoms with van der Waals surface area (Å²) in [6.45, 7) is 6.33. The van der Waals surface area contributed by atoms with Crippen LogP contribution in [0.25, 0.3) is 0 Å². The summed E-state index contributed by atoms with van der Waals surface area (Å²) in [5, 5.41) is 12.4. The molecule has 2 aromatic rings. The van der Waals surface area contributed by atoms with Gasteiger partial charge in [-0.3, -0.25) is 0 Å². The molecule has 0 fully saturated rings. The maximum atomic E-state index is 4.12. The maximum Gasteiger partial charge on any atom is 0.210 e. The van der Waals surface area contributed by atoms with E-state index in [0.29, 0.717) is 0 Å². The van der Waals surface area contributed by atoms with E-state index in [1.54, 1.807) is 23.1 Å². The summed E-state index contributed by atoms with van der Waals surface area (Å²) in [6, 6.07) is 6.31. The van der Waals surface area contributed by atoms with Crippen LogP contribution in [-0.2, 0) is 0 Å². The lowest BCUT2D eigenvalue weighted by molar-refractivity contribution is 1.01. The van der Waals surface area contributed by atoms with Crippen LogP contribution in [-0.4, -0.2) is 16.0 Å². The molecule has 0 saturated heterocycles. The van der Waals surface area contributed by atoms with Gasteiger partial charge in [0.15, 0.2) is 4.34 Å². The second kappa shape index (κ2) is 5.51. The largest absolute Gasteiger partial charge is 0.330 e. The van der Waals surface area contributed by atoms with Crippen LogP contribution in [0.2, 0.25) is 0 Å². The summed E-state index contributed by atoms with van der Waals surface area (Å²) in [5.41, 5.74) is 3.65. The molecule has 2 rings (SSSR count). The van der Waals surface area contributed by atoms with Gasteiger partial charge in [0.1, 0.15) is 0 Å². The van der Waals surface area contributed by atoms with Crippen molar-refractivity contribution in [1.29, 1.82) is 0 Å². The van der Waals surface area contributed by atoms with Crippen LogP contribution in [0.15, 0.2) is 22.5 Å². The number of benzene rings is 1. The Balaban J connectivity index is 2.11. The number of aryl methyl sites for hydroxylation is 2. The highest BCUT2D eigenvalue weighted by Crippen LogP contribution is 2.27. The van der Waals surface area contributed by atoms with Crippen LogP contribution < -0.4 is 5.32 Å². The number of nitrogens with zero attached hydrogens (tertiary/aromatic N) is 2. The van der Waals surface area contributed by atoms with Gasteiger partial charge in [-0.2, -0.15) is 0 Å². The molecule has 0 radical (unpaired) electrons. The van der Waals surface area contributed by atoms with Crippen molar-refractivity contribution in [3.8, 4) is 0 Å². The molecule has 90 valence electrons. The Labute approximate surface area is 110 Å². The summed E-state index contributed by atoms with van der Waals surface area (Å²) in [4.78, 5) is 0. The lowest BCUT2D eigenvalue weighted by Gasteiger charge is -2.05. The van der Waals surface area contributed by atoms with Crippen LogP contribution in [0.4, 0.5) is 10.8 Å². The SMILES string of the molecule is CCSc1nnc(Nc2ccc(C)c(C)c2)s1. The Morgan fingerprint density at radius 3 is 2.76 bits per heavy atom. The molecule has 0 spiro atoms. The monoisotopic (exact) mass is 265 g/mol. The fraction of sp³-hybridized carbons (Fsp3) is 0.333. The summed E-state index contributed by atoms with van der Waals surface area (Å²) in [5.74, 6) is 1.03. The number of nitrogens with one attached hydrogen (secondary N) is 1. The molecule has 1 aromatic carbocycles. The first-order valence-electron chi connectivity index (χ1n) is 5.49. The van der Waals surface area contributed by atoms with Crippen LogP contribution in [0.3, 0.4) is 0 Å². The molecule has 5 heteroatoms. The highest BCUT2D eigenvalue weighted by atomic mass is 32.2. The number of aromatic nitrogens is 2. The lowest BCUT2D eigenvalue weighted by Crippen LogP contribution is -1.91. The zero-order chi connectivity index (χ0) is 12.3. The highest BCUT2D eigenvalue weighted by Gasteiger charge is 2.04. The Hall–Kier alpha value is -1.07. The van der Waals surface area contributed by atoms with Gasteiger partial charge in [-0.15, -0.1) is 10.2 Å². The molecule has 0 aliphatic heterocycles.